The van der Waals surface area contributed by atoms with E-state index in [1.807, 2.05) is 23.9 Å². The van der Waals surface area contributed by atoms with E-state index in [0.29, 0.717) is 13.2 Å². The molecule has 1 saturated heterocycles. The van der Waals surface area contributed by atoms with E-state index < -0.39 is 6.10 Å². The summed E-state index contributed by atoms with van der Waals surface area (Å²) in [5.74, 6) is 2.64. The maximum Gasteiger partial charge on any atom is 0.161 e. The molecule has 3 heterocycles. The lowest BCUT2D eigenvalue weighted by Crippen LogP contribution is -2.37. The Morgan fingerprint density at radius 1 is 1.28 bits per heavy atom. The third-order valence-corrected chi connectivity index (χ3v) is 5.12. The number of hydrogen-bond acceptors (Lipinski definition) is 5. The van der Waals surface area contributed by atoms with Gasteiger partial charge in [-0.2, -0.15) is 0 Å². The van der Waals surface area contributed by atoms with Crippen molar-refractivity contribution in [3.8, 4) is 11.5 Å². The van der Waals surface area contributed by atoms with Crippen molar-refractivity contribution in [2.45, 2.75) is 25.5 Å². The van der Waals surface area contributed by atoms with Gasteiger partial charge in [0.05, 0.1) is 0 Å². The number of aliphatic hydroxyl groups is 1. The molecule has 2 aromatic rings. The first-order valence-corrected chi connectivity index (χ1v) is 8.97. The van der Waals surface area contributed by atoms with Crippen LogP contribution in [-0.4, -0.2) is 45.9 Å². The van der Waals surface area contributed by atoms with Crippen molar-refractivity contribution in [3.63, 3.8) is 0 Å². The Bertz CT molecular complexity index is 730. The first-order valence-electron chi connectivity index (χ1n) is 8.97. The van der Waals surface area contributed by atoms with Crippen LogP contribution in [0.2, 0.25) is 0 Å². The molecule has 0 bridgehead atoms. The maximum atomic E-state index is 10.7. The molecule has 2 aliphatic rings. The Kier molecular flexibility index (Phi) is 4.63. The highest BCUT2D eigenvalue weighted by Gasteiger charge is 2.29. The fraction of sp³-hybridized carbons (Fsp3) is 0.526. The zero-order valence-corrected chi connectivity index (χ0v) is 14.6. The van der Waals surface area contributed by atoms with Crippen molar-refractivity contribution in [2.75, 3.05) is 26.3 Å². The van der Waals surface area contributed by atoms with Crippen LogP contribution in [0.25, 0.3) is 0 Å². The van der Waals surface area contributed by atoms with Gasteiger partial charge >= 0.3 is 0 Å². The summed E-state index contributed by atoms with van der Waals surface area (Å²) in [5.41, 5.74) is 1.22. The van der Waals surface area contributed by atoms with Crippen molar-refractivity contribution >= 4 is 0 Å². The van der Waals surface area contributed by atoms with Crippen molar-refractivity contribution in [2.24, 2.45) is 13.0 Å². The number of hydrogen-bond donors (Lipinski definition) is 1. The van der Waals surface area contributed by atoms with Crippen LogP contribution in [0, 0.1) is 5.92 Å². The normalized spacial score (nSPS) is 21.9. The first kappa shape index (κ1) is 16.4. The van der Waals surface area contributed by atoms with E-state index in [9.17, 15) is 5.11 Å². The van der Waals surface area contributed by atoms with Gasteiger partial charge in [0.15, 0.2) is 11.5 Å². The van der Waals surface area contributed by atoms with Crippen LogP contribution in [0.3, 0.4) is 0 Å². The summed E-state index contributed by atoms with van der Waals surface area (Å²) in [6.07, 6.45) is 5.24. The van der Waals surface area contributed by atoms with Gasteiger partial charge in [-0.15, -0.1) is 0 Å². The third kappa shape index (κ3) is 3.50. The van der Waals surface area contributed by atoms with Gasteiger partial charge in [-0.05, 0) is 37.1 Å². The van der Waals surface area contributed by atoms with Gasteiger partial charge in [-0.25, -0.2) is 4.98 Å². The van der Waals surface area contributed by atoms with Crippen LogP contribution in [0.1, 0.15) is 30.3 Å². The van der Waals surface area contributed by atoms with Gasteiger partial charge < -0.3 is 19.1 Å². The Labute approximate surface area is 148 Å². The maximum absolute atomic E-state index is 10.7. The predicted octanol–water partition coefficient (Wildman–Crippen LogP) is 2.14. The molecule has 1 fully saturated rings. The molecule has 2 unspecified atom stereocenters. The van der Waals surface area contributed by atoms with Crippen LogP contribution in [0.15, 0.2) is 30.6 Å². The molecular formula is C19H25N3O3. The summed E-state index contributed by atoms with van der Waals surface area (Å²) in [7, 11) is 1.93. The summed E-state index contributed by atoms with van der Waals surface area (Å²) in [6.45, 7) is 4.02. The standard InChI is InChI=1S/C19H25N3O3/c1-21-8-6-20-19(21)18(23)15-3-2-7-22(13-15)12-14-4-5-16-17(11-14)25-10-9-24-16/h4-6,8,11,15,18,23H,2-3,7,9-10,12-13H2,1H3. The number of piperidine rings is 1. The molecule has 4 rings (SSSR count). The number of likely N-dealkylation sites (tertiary alicyclic amines) is 1. The molecule has 25 heavy (non-hydrogen) atoms. The molecule has 0 aliphatic carbocycles. The average molecular weight is 343 g/mol. The topological polar surface area (TPSA) is 59.8 Å². The van der Waals surface area contributed by atoms with E-state index in [0.717, 1.165) is 49.8 Å². The Hall–Kier alpha value is -2.05. The monoisotopic (exact) mass is 343 g/mol. The van der Waals surface area contributed by atoms with Crippen molar-refractivity contribution in [1.29, 1.82) is 0 Å². The van der Waals surface area contributed by atoms with Gasteiger partial charge in [-0.1, -0.05) is 6.07 Å². The highest BCUT2D eigenvalue weighted by molar-refractivity contribution is 5.43. The molecule has 1 aromatic carbocycles. The number of aryl methyl sites for hydroxylation is 1. The fourth-order valence-corrected chi connectivity index (χ4v) is 3.81. The lowest BCUT2D eigenvalue weighted by molar-refractivity contribution is 0.0404. The van der Waals surface area contributed by atoms with Crippen LogP contribution in [0.5, 0.6) is 11.5 Å². The van der Waals surface area contributed by atoms with Crippen molar-refractivity contribution in [1.82, 2.24) is 14.5 Å². The first-order chi connectivity index (χ1) is 12.2. The van der Waals surface area contributed by atoms with E-state index in [-0.39, 0.29) is 5.92 Å². The molecule has 134 valence electrons. The number of ether oxygens (including phenoxy) is 2. The van der Waals surface area contributed by atoms with E-state index in [1.165, 1.54) is 5.56 Å². The van der Waals surface area contributed by atoms with E-state index >= 15 is 0 Å². The third-order valence-electron chi connectivity index (χ3n) is 5.12. The van der Waals surface area contributed by atoms with Crippen LogP contribution >= 0.6 is 0 Å². The van der Waals surface area contributed by atoms with Gasteiger partial charge in [0.1, 0.15) is 25.1 Å². The SMILES string of the molecule is Cn1ccnc1C(O)C1CCCN(Cc2ccc3c(c2)OCCO3)C1. The molecule has 1 aromatic heterocycles. The summed E-state index contributed by atoms with van der Waals surface area (Å²) in [5, 5.41) is 10.7. The smallest absolute Gasteiger partial charge is 0.161 e. The van der Waals surface area contributed by atoms with Crippen LogP contribution < -0.4 is 9.47 Å². The lowest BCUT2D eigenvalue weighted by Gasteiger charge is -2.35. The number of fused-ring (bicyclic) bond motifs is 1. The van der Waals surface area contributed by atoms with Crippen molar-refractivity contribution in [3.05, 3.63) is 42.0 Å². The molecule has 2 aliphatic heterocycles. The molecule has 2 atom stereocenters. The van der Waals surface area contributed by atoms with Crippen molar-refractivity contribution < 1.29 is 14.6 Å². The van der Waals surface area contributed by atoms with Gasteiger partial charge in [0, 0.05) is 38.4 Å². The van der Waals surface area contributed by atoms with Crippen LogP contribution in [-0.2, 0) is 13.6 Å². The second kappa shape index (κ2) is 7.06. The number of aliphatic hydroxyl groups excluding tert-OH is 1. The molecular weight excluding hydrogens is 318 g/mol. The molecule has 0 spiro atoms. The number of nitrogens with zero attached hydrogens (tertiary/aromatic N) is 3. The fourth-order valence-electron chi connectivity index (χ4n) is 3.81. The minimum atomic E-state index is -0.511. The quantitative estimate of drug-likeness (QED) is 0.922. The van der Waals surface area contributed by atoms with Crippen LogP contribution in [0.4, 0.5) is 0 Å². The predicted molar refractivity (Wildman–Crippen MR) is 93.6 cm³/mol. The lowest BCUT2D eigenvalue weighted by atomic mass is 9.91. The molecule has 0 saturated carbocycles. The second-order valence-electron chi connectivity index (χ2n) is 6.96. The van der Waals surface area contributed by atoms with Gasteiger partial charge in [0.25, 0.3) is 0 Å². The average Bonchev–Trinajstić information content (AvgIpc) is 3.07. The molecule has 1 N–H and O–H groups in total. The molecule has 6 nitrogen and oxygen atoms in total. The summed E-state index contributed by atoms with van der Waals surface area (Å²) in [6, 6.07) is 6.17. The number of benzene rings is 1. The Balaban J connectivity index is 1.42. The summed E-state index contributed by atoms with van der Waals surface area (Å²) < 4.78 is 13.2. The van der Waals surface area contributed by atoms with E-state index in [1.54, 1.807) is 6.20 Å². The second-order valence-corrected chi connectivity index (χ2v) is 6.96. The molecule has 0 amide bonds. The highest BCUT2D eigenvalue weighted by Crippen LogP contribution is 2.33. The number of imidazole rings is 1. The zero-order chi connectivity index (χ0) is 17.2. The minimum Gasteiger partial charge on any atom is -0.486 e. The molecule has 6 heteroatoms. The Morgan fingerprint density at radius 2 is 2.12 bits per heavy atom. The molecule has 0 radical (unpaired) electrons. The highest BCUT2D eigenvalue weighted by atomic mass is 16.6. The largest absolute Gasteiger partial charge is 0.486 e. The Morgan fingerprint density at radius 3 is 2.92 bits per heavy atom. The summed E-state index contributed by atoms with van der Waals surface area (Å²) >= 11 is 0. The van der Waals surface area contributed by atoms with Gasteiger partial charge in [0.2, 0.25) is 0 Å². The van der Waals surface area contributed by atoms with Gasteiger partial charge in [-0.3, -0.25) is 4.90 Å². The zero-order valence-electron chi connectivity index (χ0n) is 14.6. The number of rotatable bonds is 4. The number of aromatic nitrogens is 2. The minimum absolute atomic E-state index is 0.215. The summed E-state index contributed by atoms with van der Waals surface area (Å²) in [4.78, 5) is 6.72. The van der Waals surface area contributed by atoms with E-state index in [4.69, 9.17) is 9.47 Å². The van der Waals surface area contributed by atoms with E-state index in [2.05, 4.69) is 22.0 Å².